The average molecular weight is 486 g/mol. The van der Waals surface area contributed by atoms with Crippen LogP contribution in [0, 0.1) is 4.91 Å². The fourth-order valence-electron chi connectivity index (χ4n) is 3.75. The van der Waals surface area contributed by atoms with E-state index in [2.05, 4.69) is 16.0 Å². The minimum absolute atomic E-state index is 0.0817. The number of nitrogens with zero attached hydrogens (tertiary/aromatic N) is 1. The third-order valence-corrected chi connectivity index (χ3v) is 5.85. The number of hydrogen-bond acceptors (Lipinski definition) is 6. The standard InChI is InChI=1S/C23H17Cl2N3O5/c24-13-6-7-16(17(25)10-13)21-20(14-3-1-2-4-15(14)22(30)26-21)23(31)28-33-11-12-5-8-19(29)18(9-12)27-32/h1-10,20-21,29H,11H2,(H,26,30)(H,28,31)/t20-,21+/m1/s1. The Morgan fingerprint density at radius 2 is 1.88 bits per heavy atom. The van der Waals surface area contributed by atoms with E-state index in [1.165, 1.54) is 18.2 Å². The minimum Gasteiger partial charge on any atom is -0.506 e. The molecule has 0 aliphatic carbocycles. The maximum Gasteiger partial charge on any atom is 0.253 e. The van der Waals surface area contributed by atoms with E-state index in [0.717, 1.165) is 0 Å². The van der Waals surface area contributed by atoms with Crippen LogP contribution in [0.4, 0.5) is 5.69 Å². The van der Waals surface area contributed by atoms with E-state index in [0.29, 0.717) is 32.3 Å². The summed E-state index contributed by atoms with van der Waals surface area (Å²) in [5, 5.41) is 15.9. The minimum atomic E-state index is -0.843. The number of carbonyl (C=O) groups excluding carboxylic acids is 2. The topological polar surface area (TPSA) is 117 Å². The van der Waals surface area contributed by atoms with Crippen LogP contribution in [-0.4, -0.2) is 16.9 Å². The van der Waals surface area contributed by atoms with Crippen molar-refractivity contribution in [2.75, 3.05) is 0 Å². The summed E-state index contributed by atoms with van der Waals surface area (Å²) >= 11 is 12.4. The SMILES string of the molecule is O=Nc1cc(CONC(=O)[C@@H]2c3ccccc3C(=O)N[C@H]2c2ccc(Cl)cc2Cl)ccc1O. The van der Waals surface area contributed by atoms with Gasteiger partial charge < -0.3 is 10.4 Å². The second-order valence-electron chi connectivity index (χ2n) is 7.35. The van der Waals surface area contributed by atoms with Crippen LogP contribution in [0.5, 0.6) is 5.75 Å². The molecule has 33 heavy (non-hydrogen) atoms. The van der Waals surface area contributed by atoms with E-state index in [1.807, 2.05) is 0 Å². The van der Waals surface area contributed by atoms with Crippen LogP contribution in [0.2, 0.25) is 10.0 Å². The Bertz CT molecular complexity index is 1250. The number of nitroso groups, excluding NO2 is 1. The van der Waals surface area contributed by atoms with Gasteiger partial charge in [-0.15, -0.1) is 4.91 Å². The lowest BCUT2D eigenvalue weighted by Crippen LogP contribution is -2.44. The monoisotopic (exact) mass is 485 g/mol. The first-order chi connectivity index (χ1) is 15.9. The first-order valence-electron chi connectivity index (χ1n) is 9.80. The number of halogens is 2. The Hall–Kier alpha value is -3.46. The Morgan fingerprint density at radius 1 is 1.09 bits per heavy atom. The molecular weight excluding hydrogens is 469 g/mol. The molecule has 8 nitrogen and oxygen atoms in total. The fraction of sp³-hybridized carbons (Fsp3) is 0.130. The molecule has 3 aromatic carbocycles. The van der Waals surface area contributed by atoms with Crippen LogP contribution in [0.15, 0.2) is 65.8 Å². The van der Waals surface area contributed by atoms with E-state index in [1.54, 1.807) is 42.5 Å². The van der Waals surface area contributed by atoms with Crippen LogP contribution in [-0.2, 0) is 16.2 Å². The number of phenolic OH excluding ortho intramolecular Hbond substituents is 1. The Labute approximate surface area is 198 Å². The number of carbonyl (C=O) groups is 2. The molecule has 0 aromatic heterocycles. The lowest BCUT2D eigenvalue weighted by molar-refractivity contribution is -0.137. The van der Waals surface area contributed by atoms with Gasteiger partial charge in [0.15, 0.2) is 0 Å². The predicted octanol–water partition coefficient (Wildman–Crippen LogP) is 4.91. The molecule has 0 unspecified atom stereocenters. The summed E-state index contributed by atoms with van der Waals surface area (Å²) in [5.41, 5.74) is 4.21. The van der Waals surface area contributed by atoms with Crippen LogP contribution in [0.1, 0.15) is 39.0 Å². The van der Waals surface area contributed by atoms with E-state index in [-0.39, 0.29) is 24.0 Å². The summed E-state index contributed by atoms with van der Waals surface area (Å²) in [7, 11) is 0. The van der Waals surface area contributed by atoms with Crippen molar-refractivity contribution in [2.45, 2.75) is 18.6 Å². The molecule has 10 heteroatoms. The second-order valence-corrected chi connectivity index (χ2v) is 8.19. The smallest absolute Gasteiger partial charge is 0.253 e. The third-order valence-electron chi connectivity index (χ3n) is 5.29. The van der Waals surface area contributed by atoms with Crippen LogP contribution < -0.4 is 10.8 Å². The Morgan fingerprint density at radius 3 is 2.64 bits per heavy atom. The van der Waals surface area contributed by atoms with Gasteiger partial charge in [0.25, 0.3) is 11.8 Å². The fourth-order valence-corrected chi connectivity index (χ4v) is 4.27. The first kappa shape index (κ1) is 22.7. The zero-order valence-corrected chi connectivity index (χ0v) is 18.4. The lowest BCUT2D eigenvalue weighted by Gasteiger charge is -2.33. The highest BCUT2D eigenvalue weighted by Gasteiger charge is 2.40. The lowest BCUT2D eigenvalue weighted by atomic mass is 9.80. The van der Waals surface area contributed by atoms with E-state index in [4.69, 9.17) is 28.0 Å². The Balaban J connectivity index is 1.60. The van der Waals surface area contributed by atoms with Crippen molar-refractivity contribution in [3.05, 3.63) is 97.9 Å². The molecule has 2 atom stereocenters. The molecular formula is C23H17Cl2N3O5. The molecule has 1 aliphatic heterocycles. The summed E-state index contributed by atoms with van der Waals surface area (Å²) < 4.78 is 0. The van der Waals surface area contributed by atoms with Crippen molar-refractivity contribution in [3.63, 3.8) is 0 Å². The van der Waals surface area contributed by atoms with Gasteiger partial charge in [0, 0.05) is 15.6 Å². The molecule has 3 N–H and O–H groups in total. The van der Waals surface area contributed by atoms with Gasteiger partial charge in [0.05, 0.1) is 18.6 Å². The second kappa shape index (κ2) is 9.58. The quantitative estimate of drug-likeness (QED) is 0.338. The molecule has 3 aromatic rings. The maximum absolute atomic E-state index is 13.2. The number of nitrogens with one attached hydrogen (secondary N) is 2. The van der Waals surface area contributed by atoms with Gasteiger partial charge in [-0.05, 0) is 52.2 Å². The number of fused-ring (bicyclic) bond motifs is 1. The van der Waals surface area contributed by atoms with Gasteiger partial charge >= 0.3 is 0 Å². The van der Waals surface area contributed by atoms with E-state index < -0.39 is 17.9 Å². The summed E-state index contributed by atoms with van der Waals surface area (Å²) in [6, 6.07) is 15.0. The summed E-state index contributed by atoms with van der Waals surface area (Å²) in [4.78, 5) is 42.1. The van der Waals surface area contributed by atoms with Crippen molar-refractivity contribution < 1.29 is 19.5 Å². The van der Waals surface area contributed by atoms with Crippen molar-refractivity contribution in [1.29, 1.82) is 0 Å². The number of aromatic hydroxyl groups is 1. The molecule has 0 saturated carbocycles. The molecule has 0 bridgehead atoms. The molecule has 0 saturated heterocycles. The van der Waals surface area contributed by atoms with Crippen molar-refractivity contribution >= 4 is 40.7 Å². The molecule has 4 rings (SSSR count). The maximum atomic E-state index is 13.2. The Kier molecular flexibility index (Phi) is 6.60. The molecule has 0 radical (unpaired) electrons. The van der Waals surface area contributed by atoms with Crippen molar-refractivity contribution in [2.24, 2.45) is 5.18 Å². The van der Waals surface area contributed by atoms with Crippen LogP contribution >= 0.6 is 23.2 Å². The number of hydrogen-bond donors (Lipinski definition) is 3. The normalized spacial score (nSPS) is 17.1. The van der Waals surface area contributed by atoms with Gasteiger partial charge in [-0.3, -0.25) is 14.4 Å². The molecule has 168 valence electrons. The molecule has 0 fully saturated rings. The van der Waals surface area contributed by atoms with Gasteiger partial charge in [0.1, 0.15) is 11.4 Å². The van der Waals surface area contributed by atoms with Crippen LogP contribution in [0.25, 0.3) is 0 Å². The third kappa shape index (κ3) is 4.68. The molecule has 2 amide bonds. The van der Waals surface area contributed by atoms with Crippen LogP contribution in [0.3, 0.4) is 0 Å². The van der Waals surface area contributed by atoms with Crippen molar-refractivity contribution in [1.82, 2.24) is 10.8 Å². The first-order valence-corrected chi connectivity index (χ1v) is 10.6. The average Bonchev–Trinajstić information content (AvgIpc) is 2.80. The van der Waals surface area contributed by atoms with Gasteiger partial charge in [-0.1, -0.05) is 53.5 Å². The molecule has 0 spiro atoms. The highest BCUT2D eigenvalue weighted by Crippen LogP contribution is 2.40. The molecule has 1 heterocycles. The number of phenols is 1. The summed E-state index contributed by atoms with van der Waals surface area (Å²) in [6.45, 7) is -0.0817. The van der Waals surface area contributed by atoms with Crippen molar-refractivity contribution in [3.8, 4) is 5.75 Å². The predicted molar refractivity (Wildman–Crippen MR) is 122 cm³/mol. The number of hydroxylamine groups is 1. The summed E-state index contributed by atoms with van der Waals surface area (Å²) in [6.07, 6.45) is 0. The zero-order valence-electron chi connectivity index (χ0n) is 16.9. The van der Waals surface area contributed by atoms with E-state index >= 15 is 0 Å². The summed E-state index contributed by atoms with van der Waals surface area (Å²) in [5.74, 6) is -1.94. The number of amides is 2. The van der Waals surface area contributed by atoms with Gasteiger partial charge in [-0.2, -0.15) is 0 Å². The largest absolute Gasteiger partial charge is 0.506 e. The van der Waals surface area contributed by atoms with Gasteiger partial charge in [0.2, 0.25) is 0 Å². The highest BCUT2D eigenvalue weighted by molar-refractivity contribution is 6.35. The zero-order chi connectivity index (χ0) is 23.5. The van der Waals surface area contributed by atoms with E-state index in [9.17, 15) is 19.6 Å². The number of benzene rings is 3. The van der Waals surface area contributed by atoms with Gasteiger partial charge in [-0.25, -0.2) is 5.48 Å². The highest BCUT2D eigenvalue weighted by atomic mass is 35.5. The number of rotatable bonds is 6. The molecule has 1 aliphatic rings.